The van der Waals surface area contributed by atoms with E-state index in [-0.39, 0.29) is 0 Å². The number of aliphatic hydroxyl groups is 1. The minimum absolute atomic E-state index is 0.292. The van der Waals surface area contributed by atoms with Crippen LogP contribution in [0.4, 0.5) is 0 Å². The molecule has 1 unspecified atom stereocenters. The summed E-state index contributed by atoms with van der Waals surface area (Å²) in [7, 11) is 0. The summed E-state index contributed by atoms with van der Waals surface area (Å²) in [5, 5.41) is 14.5. The molecule has 0 saturated heterocycles. The van der Waals surface area contributed by atoms with Gasteiger partial charge in [0.25, 0.3) is 0 Å². The van der Waals surface area contributed by atoms with E-state index < -0.39 is 6.10 Å². The Balaban J connectivity index is 1.80. The highest BCUT2D eigenvalue weighted by Crippen LogP contribution is 2.29. The molecule has 120 valence electrons. The van der Waals surface area contributed by atoms with Crippen LogP contribution in [0.25, 0.3) is 10.1 Å². The van der Waals surface area contributed by atoms with Gasteiger partial charge in [-0.15, -0.1) is 11.3 Å². The fourth-order valence-corrected chi connectivity index (χ4v) is 3.31. The van der Waals surface area contributed by atoms with Gasteiger partial charge in [0.15, 0.2) is 5.96 Å². The van der Waals surface area contributed by atoms with Gasteiger partial charge < -0.3 is 16.2 Å². The van der Waals surface area contributed by atoms with E-state index in [0.29, 0.717) is 12.5 Å². The molecule has 1 atom stereocenters. The molecule has 4 nitrogen and oxygen atoms in total. The first-order chi connectivity index (χ1) is 10.7. The molecule has 0 saturated carbocycles. The van der Waals surface area contributed by atoms with E-state index in [2.05, 4.69) is 29.4 Å². The summed E-state index contributed by atoms with van der Waals surface area (Å²) in [6.07, 6.45) is 4.19. The summed E-state index contributed by atoms with van der Waals surface area (Å²) in [5.74, 6) is 0.414. The first kappa shape index (κ1) is 16.8. The van der Waals surface area contributed by atoms with Crippen molar-refractivity contribution in [2.24, 2.45) is 10.7 Å². The van der Waals surface area contributed by atoms with Gasteiger partial charge in [0.05, 0.1) is 6.54 Å². The largest absolute Gasteiger partial charge is 0.386 e. The molecule has 4 N–H and O–H groups in total. The monoisotopic (exact) mass is 319 g/mol. The number of thiophene rings is 1. The van der Waals surface area contributed by atoms with Gasteiger partial charge in [0, 0.05) is 16.1 Å². The molecule has 5 heteroatoms. The highest BCUT2D eigenvalue weighted by Gasteiger charge is 2.10. The Morgan fingerprint density at radius 2 is 2.14 bits per heavy atom. The van der Waals surface area contributed by atoms with E-state index in [9.17, 15) is 5.11 Å². The second-order valence-corrected chi connectivity index (χ2v) is 6.53. The van der Waals surface area contributed by atoms with E-state index in [0.717, 1.165) is 23.2 Å². The third kappa shape index (κ3) is 5.00. The number of hydrogen-bond donors (Lipinski definition) is 3. The molecule has 1 heterocycles. The molecule has 1 aromatic heterocycles. The van der Waals surface area contributed by atoms with Crippen molar-refractivity contribution in [3.63, 3.8) is 0 Å². The SMILES string of the molecule is CCCCCCNC(N)=NCC(O)c1cc2ccccc2s1. The summed E-state index contributed by atoms with van der Waals surface area (Å²) >= 11 is 1.60. The second-order valence-electron chi connectivity index (χ2n) is 5.42. The maximum atomic E-state index is 10.2. The minimum atomic E-state index is -0.599. The van der Waals surface area contributed by atoms with Gasteiger partial charge in [0.1, 0.15) is 6.10 Å². The summed E-state index contributed by atoms with van der Waals surface area (Å²) < 4.78 is 1.18. The summed E-state index contributed by atoms with van der Waals surface area (Å²) in [6.45, 7) is 3.33. The molecule has 0 amide bonds. The first-order valence-electron chi connectivity index (χ1n) is 7.91. The van der Waals surface area contributed by atoms with Crippen LogP contribution in [-0.2, 0) is 0 Å². The summed E-state index contributed by atoms with van der Waals surface area (Å²) in [5.41, 5.74) is 5.82. The average Bonchev–Trinajstić information content (AvgIpc) is 2.96. The van der Waals surface area contributed by atoms with Crippen LogP contribution in [0.3, 0.4) is 0 Å². The number of nitrogens with zero attached hydrogens (tertiary/aromatic N) is 1. The normalized spacial score (nSPS) is 13.5. The van der Waals surface area contributed by atoms with Crippen LogP contribution in [0.5, 0.6) is 0 Å². The lowest BCUT2D eigenvalue weighted by Gasteiger charge is -2.08. The highest BCUT2D eigenvalue weighted by atomic mass is 32.1. The molecule has 0 radical (unpaired) electrons. The third-order valence-corrected chi connectivity index (χ3v) is 4.76. The molecule has 0 aliphatic carbocycles. The van der Waals surface area contributed by atoms with Crippen LogP contribution in [0.1, 0.15) is 43.6 Å². The molecule has 1 aromatic carbocycles. The summed E-state index contributed by atoms with van der Waals surface area (Å²) in [4.78, 5) is 5.16. The Hall–Kier alpha value is -1.59. The number of guanidine groups is 1. The first-order valence-corrected chi connectivity index (χ1v) is 8.72. The molecule has 0 aliphatic rings. The molecule has 2 aromatic rings. The number of aliphatic hydroxyl groups excluding tert-OH is 1. The van der Waals surface area contributed by atoms with Crippen molar-refractivity contribution in [2.45, 2.75) is 38.7 Å². The lowest BCUT2D eigenvalue weighted by molar-refractivity contribution is 0.191. The topological polar surface area (TPSA) is 70.6 Å². The molecular formula is C17H25N3OS. The highest BCUT2D eigenvalue weighted by molar-refractivity contribution is 7.19. The average molecular weight is 319 g/mol. The number of unbranched alkanes of at least 4 members (excludes halogenated alkanes) is 3. The number of fused-ring (bicyclic) bond motifs is 1. The van der Waals surface area contributed by atoms with E-state index in [4.69, 9.17) is 5.73 Å². The molecule has 0 spiro atoms. The number of nitrogens with one attached hydrogen (secondary N) is 1. The Kier molecular flexibility index (Phi) is 6.68. The smallest absolute Gasteiger partial charge is 0.188 e. The van der Waals surface area contributed by atoms with E-state index >= 15 is 0 Å². The predicted molar refractivity (Wildman–Crippen MR) is 95.4 cm³/mol. The number of aliphatic imine (C=N–C) groups is 1. The zero-order chi connectivity index (χ0) is 15.8. The van der Waals surface area contributed by atoms with Gasteiger partial charge in [-0.3, -0.25) is 4.99 Å². The number of rotatable bonds is 8. The third-order valence-electron chi connectivity index (χ3n) is 3.54. The van der Waals surface area contributed by atoms with Crippen molar-refractivity contribution in [3.8, 4) is 0 Å². The van der Waals surface area contributed by atoms with Gasteiger partial charge in [-0.1, -0.05) is 44.4 Å². The predicted octanol–water partition coefficient (Wildman–Crippen LogP) is 3.42. The molecule has 2 rings (SSSR count). The maximum absolute atomic E-state index is 10.2. The Bertz CT molecular complexity index is 576. The quantitative estimate of drug-likeness (QED) is 0.397. The maximum Gasteiger partial charge on any atom is 0.188 e. The lowest BCUT2D eigenvalue weighted by atomic mass is 10.2. The van der Waals surface area contributed by atoms with Crippen LogP contribution >= 0.6 is 11.3 Å². The number of nitrogens with two attached hydrogens (primary N) is 1. The zero-order valence-corrected chi connectivity index (χ0v) is 13.9. The second kappa shape index (κ2) is 8.76. The van der Waals surface area contributed by atoms with Gasteiger partial charge in [-0.25, -0.2) is 0 Å². The van der Waals surface area contributed by atoms with Crippen LogP contribution < -0.4 is 11.1 Å². The fourth-order valence-electron chi connectivity index (χ4n) is 2.27. The van der Waals surface area contributed by atoms with E-state index in [1.165, 1.54) is 24.0 Å². The minimum Gasteiger partial charge on any atom is -0.386 e. The molecule has 22 heavy (non-hydrogen) atoms. The molecule has 0 fully saturated rings. The number of hydrogen-bond acceptors (Lipinski definition) is 3. The lowest BCUT2D eigenvalue weighted by Crippen LogP contribution is -2.32. The Labute approximate surface area is 136 Å². The van der Waals surface area contributed by atoms with Crippen LogP contribution in [0.15, 0.2) is 35.3 Å². The van der Waals surface area contributed by atoms with E-state index in [1.807, 2.05) is 18.2 Å². The van der Waals surface area contributed by atoms with Crippen LogP contribution in [0.2, 0.25) is 0 Å². The Morgan fingerprint density at radius 1 is 1.32 bits per heavy atom. The van der Waals surface area contributed by atoms with E-state index in [1.54, 1.807) is 11.3 Å². The molecule has 0 aliphatic heterocycles. The van der Waals surface area contributed by atoms with Gasteiger partial charge in [-0.2, -0.15) is 0 Å². The van der Waals surface area contributed by atoms with Crippen molar-refractivity contribution >= 4 is 27.4 Å². The Morgan fingerprint density at radius 3 is 2.91 bits per heavy atom. The number of benzene rings is 1. The van der Waals surface area contributed by atoms with Crippen molar-refractivity contribution < 1.29 is 5.11 Å². The standard InChI is InChI=1S/C17H25N3OS/c1-2-3-4-7-10-19-17(18)20-12-14(21)16-11-13-8-5-6-9-15(13)22-16/h5-6,8-9,11,14,21H,2-4,7,10,12H2,1H3,(H3,18,19,20). The summed E-state index contributed by atoms with van der Waals surface area (Å²) in [6, 6.07) is 10.1. The molecular weight excluding hydrogens is 294 g/mol. The van der Waals surface area contributed by atoms with Crippen LogP contribution in [0, 0.1) is 0 Å². The zero-order valence-electron chi connectivity index (χ0n) is 13.1. The van der Waals surface area contributed by atoms with Crippen molar-refractivity contribution in [3.05, 3.63) is 35.2 Å². The van der Waals surface area contributed by atoms with Crippen molar-refractivity contribution in [2.75, 3.05) is 13.1 Å². The van der Waals surface area contributed by atoms with Crippen LogP contribution in [-0.4, -0.2) is 24.2 Å². The molecule has 0 bridgehead atoms. The van der Waals surface area contributed by atoms with Crippen molar-refractivity contribution in [1.82, 2.24) is 5.32 Å². The van der Waals surface area contributed by atoms with Gasteiger partial charge in [0.2, 0.25) is 0 Å². The van der Waals surface area contributed by atoms with Gasteiger partial charge in [-0.05, 0) is 23.9 Å². The van der Waals surface area contributed by atoms with Gasteiger partial charge >= 0.3 is 0 Å². The fraction of sp³-hybridized carbons (Fsp3) is 0.471. The van der Waals surface area contributed by atoms with Crippen molar-refractivity contribution in [1.29, 1.82) is 0 Å².